The Kier molecular flexibility index (Phi) is 9.66. The molecule has 10 heteroatoms. The summed E-state index contributed by atoms with van der Waals surface area (Å²) in [5.41, 5.74) is 0. The van der Waals surface area contributed by atoms with E-state index >= 15 is 0 Å². The summed E-state index contributed by atoms with van der Waals surface area (Å²) in [6.45, 7) is 0. The van der Waals surface area contributed by atoms with Crippen molar-refractivity contribution < 1.29 is 0 Å². The van der Waals surface area contributed by atoms with E-state index in [1.165, 1.54) is 0 Å². The van der Waals surface area contributed by atoms with Gasteiger partial charge in [0.1, 0.15) is 0 Å². The summed E-state index contributed by atoms with van der Waals surface area (Å²) in [5, 5.41) is 0. The zero-order valence-corrected chi connectivity index (χ0v) is 19.4. The molecule has 0 heterocycles. The van der Waals surface area contributed by atoms with E-state index < -0.39 is 27.8 Å². The zero-order valence-electron chi connectivity index (χ0n) is 15.9. The molecule has 21 heavy (non-hydrogen) atoms. The molecule has 0 amide bonds. The number of nitrogens with one attached hydrogen (secondary N) is 1. The van der Waals surface area contributed by atoms with E-state index in [4.69, 9.17) is 0 Å². The third-order valence-corrected chi connectivity index (χ3v) is 13.8. The fourth-order valence-electron chi connectivity index (χ4n) is 2.84. The van der Waals surface area contributed by atoms with Crippen molar-refractivity contribution in [3.63, 3.8) is 0 Å². The van der Waals surface area contributed by atoms with Crippen LogP contribution in [0.2, 0.25) is 0 Å². The molecule has 1 atom stereocenters. The summed E-state index contributed by atoms with van der Waals surface area (Å²) < 4.78 is 18.6. The normalized spacial score (nSPS) is 15.0. The summed E-state index contributed by atoms with van der Waals surface area (Å²) in [6, 6.07) is 0. The lowest BCUT2D eigenvalue weighted by Gasteiger charge is -2.44. The maximum atomic E-state index is 4.01. The third kappa shape index (κ3) is 6.56. The Balaban J connectivity index is 5.20. The first-order valence-electron chi connectivity index (χ1n) is 7.30. The minimum absolute atomic E-state index is 1.27. The first-order chi connectivity index (χ1) is 9.50. The number of hydrogen-bond donors (Lipinski definition) is 1. The molecule has 0 aromatic heterocycles. The highest BCUT2D eigenvalue weighted by atomic mass is 28.4. The number of nitrogens with zero attached hydrogens (tertiary/aromatic N) is 6. The second-order valence-corrected chi connectivity index (χ2v) is 17.7. The summed E-state index contributed by atoms with van der Waals surface area (Å²) in [5.74, 6) is 0. The molecule has 0 aliphatic rings. The summed E-state index contributed by atoms with van der Waals surface area (Å²) in [6.07, 6.45) is 0. The van der Waals surface area contributed by atoms with E-state index in [9.17, 15) is 0 Å². The Morgan fingerprint density at radius 2 is 0.810 bits per heavy atom. The van der Waals surface area contributed by atoms with Crippen molar-refractivity contribution >= 4 is 27.8 Å². The standard InChI is InChI=1S/C11H37N7Si3/c1-13(2)19(14(3)4)12-20(15(5)6)18(11)21(16(7)8)17(9)10/h12,19-21H,1-11H3. The highest BCUT2D eigenvalue weighted by Crippen LogP contribution is 2.03. The molecule has 128 valence electrons. The molecule has 1 N–H and O–H groups in total. The molecular formula is C11H37N7Si3. The average Bonchev–Trinajstić information content (AvgIpc) is 2.26. The first-order valence-corrected chi connectivity index (χ1v) is 12.1. The van der Waals surface area contributed by atoms with E-state index in [1.54, 1.807) is 0 Å². The van der Waals surface area contributed by atoms with Gasteiger partial charge in [-0.05, 0) is 77.5 Å². The second-order valence-electron chi connectivity index (χ2n) is 6.74. The Morgan fingerprint density at radius 3 is 1.05 bits per heavy atom. The molecule has 0 spiro atoms. The molecule has 0 saturated carbocycles. The van der Waals surface area contributed by atoms with Crippen molar-refractivity contribution in [1.29, 1.82) is 0 Å². The van der Waals surface area contributed by atoms with Crippen LogP contribution in [0.25, 0.3) is 0 Å². The summed E-state index contributed by atoms with van der Waals surface area (Å²) >= 11 is 0. The third-order valence-electron chi connectivity index (χ3n) is 3.44. The van der Waals surface area contributed by atoms with Gasteiger partial charge >= 0.3 is 0 Å². The van der Waals surface area contributed by atoms with Crippen LogP contribution in [0.15, 0.2) is 0 Å². The van der Waals surface area contributed by atoms with Crippen LogP contribution in [0.5, 0.6) is 0 Å². The van der Waals surface area contributed by atoms with E-state index in [1.807, 2.05) is 0 Å². The smallest absolute Gasteiger partial charge is 0.266 e. The Morgan fingerprint density at radius 1 is 0.476 bits per heavy atom. The van der Waals surface area contributed by atoms with E-state index in [0.717, 1.165) is 0 Å². The van der Waals surface area contributed by atoms with E-state index in [2.05, 4.69) is 109 Å². The first kappa shape index (κ1) is 21.4. The van der Waals surface area contributed by atoms with Gasteiger partial charge in [-0.15, -0.1) is 0 Å². The van der Waals surface area contributed by atoms with Crippen LogP contribution in [0, 0.1) is 0 Å². The lowest BCUT2D eigenvalue weighted by molar-refractivity contribution is 0.431. The molecule has 0 aromatic rings. The summed E-state index contributed by atoms with van der Waals surface area (Å²) in [7, 11) is 20.3. The van der Waals surface area contributed by atoms with Gasteiger partial charge in [-0.2, -0.15) is 0 Å². The number of hydrogen-bond acceptors (Lipinski definition) is 7. The molecule has 0 radical (unpaired) electrons. The maximum Gasteiger partial charge on any atom is 0.266 e. The lowest BCUT2D eigenvalue weighted by atomic mass is 11.3. The highest BCUT2D eigenvalue weighted by molar-refractivity contribution is 6.74. The van der Waals surface area contributed by atoms with Crippen molar-refractivity contribution in [2.45, 2.75) is 0 Å². The van der Waals surface area contributed by atoms with Crippen LogP contribution in [0.1, 0.15) is 0 Å². The Labute approximate surface area is 137 Å². The predicted molar refractivity (Wildman–Crippen MR) is 101 cm³/mol. The topological polar surface area (TPSA) is 31.5 Å². The van der Waals surface area contributed by atoms with Gasteiger partial charge in [0.2, 0.25) is 0 Å². The Bertz CT molecular complexity index is 273. The van der Waals surface area contributed by atoms with Gasteiger partial charge in [0.15, 0.2) is 0 Å². The van der Waals surface area contributed by atoms with Gasteiger partial charge < -0.3 is 31.7 Å². The monoisotopic (exact) mass is 351 g/mol. The molecule has 0 aliphatic carbocycles. The van der Waals surface area contributed by atoms with Crippen LogP contribution in [-0.2, 0) is 0 Å². The van der Waals surface area contributed by atoms with Gasteiger partial charge in [0, 0.05) is 0 Å². The van der Waals surface area contributed by atoms with Crippen molar-refractivity contribution in [3.8, 4) is 0 Å². The largest absolute Gasteiger partial charge is 0.315 e. The SMILES string of the molecule is CN(C)[SiH](N[SiH](N(C)C)N(C)[SiH](N(C)C)N(C)C)N(C)C. The van der Waals surface area contributed by atoms with Gasteiger partial charge in [-0.3, -0.25) is 0 Å². The molecule has 0 saturated heterocycles. The average molecular weight is 352 g/mol. The van der Waals surface area contributed by atoms with Crippen LogP contribution in [0.4, 0.5) is 0 Å². The molecule has 0 fully saturated rings. The van der Waals surface area contributed by atoms with Crippen LogP contribution in [-0.4, -0.2) is 132 Å². The zero-order chi connectivity index (χ0) is 16.9. The molecule has 1 unspecified atom stereocenters. The predicted octanol–water partition coefficient (Wildman–Crippen LogP) is -2.53. The molecule has 0 rings (SSSR count). The van der Waals surface area contributed by atoms with Gasteiger partial charge in [0.05, 0.1) is 0 Å². The molecule has 0 aromatic carbocycles. The highest BCUT2D eigenvalue weighted by Gasteiger charge is 2.34. The van der Waals surface area contributed by atoms with Crippen molar-refractivity contribution in [2.75, 3.05) is 77.5 Å². The minimum atomic E-state index is -1.37. The lowest BCUT2D eigenvalue weighted by Crippen LogP contribution is -2.74. The van der Waals surface area contributed by atoms with Crippen LogP contribution >= 0.6 is 0 Å². The van der Waals surface area contributed by atoms with Gasteiger partial charge in [0.25, 0.3) is 27.8 Å². The fourth-order valence-corrected chi connectivity index (χ4v) is 16.6. The molecular weight excluding hydrogens is 314 g/mol. The van der Waals surface area contributed by atoms with E-state index in [-0.39, 0.29) is 0 Å². The quantitative estimate of drug-likeness (QED) is 0.459. The fraction of sp³-hybridized carbons (Fsp3) is 1.00. The van der Waals surface area contributed by atoms with E-state index in [0.29, 0.717) is 0 Å². The van der Waals surface area contributed by atoms with Gasteiger partial charge in [-0.1, -0.05) is 0 Å². The number of rotatable bonds is 9. The van der Waals surface area contributed by atoms with Crippen molar-refractivity contribution in [3.05, 3.63) is 0 Å². The molecule has 0 aliphatic heterocycles. The minimum Gasteiger partial charge on any atom is -0.315 e. The molecule has 7 nitrogen and oxygen atoms in total. The molecule has 0 bridgehead atoms. The maximum absolute atomic E-state index is 4.01. The van der Waals surface area contributed by atoms with Crippen molar-refractivity contribution in [2.24, 2.45) is 0 Å². The Hall–Kier alpha value is 0.371. The summed E-state index contributed by atoms with van der Waals surface area (Å²) in [4.78, 5) is 0. The van der Waals surface area contributed by atoms with Crippen LogP contribution in [0.3, 0.4) is 0 Å². The van der Waals surface area contributed by atoms with Crippen molar-refractivity contribution in [1.82, 2.24) is 31.7 Å². The second kappa shape index (κ2) is 9.50. The van der Waals surface area contributed by atoms with Crippen LogP contribution < -0.4 is 4.65 Å². The van der Waals surface area contributed by atoms with Gasteiger partial charge in [-0.25, -0.2) is 0 Å².